The Labute approximate surface area is 85.0 Å². The maximum atomic E-state index is 12.9. The average molecular weight is 248 g/mol. The Bertz CT molecular complexity index is 280. The first-order valence-electron chi connectivity index (χ1n) is 4.02. The Balaban J connectivity index is 2.61. The zero-order valence-electron chi connectivity index (χ0n) is 7.09. The number of halogens is 2. The molecule has 0 spiro atoms. The van der Waals surface area contributed by atoms with Crippen LogP contribution in [-0.4, -0.2) is 13.2 Å². The summed E-state index contributed by atoms with van der Waals surface area (Å²) in [6.45, 7) is 1.09. The van der Waals surface area contributed by atoms with Gasteiger partial charge in [0, 0.05) is 0 Å². The summed E-state index contributed by atoms with van der Waals surface area (Å²) in [5.74, 6) is 0.207. The lowest BCUT2D eigenvalue weighted by atomic mass is 10.3. The van der Waals surface area contributed by atoms with Gasteiger partial charge >= 0.3 is 0 Å². The van der Waals surface area contributed by atoms with E-state index in [1.807, 2.05) is 0 Å². The van der Waals surface area contributed by atoms with E-state index >= 15 is 0 Å². The summed E-state index contributed by atoms with van der Waals surface area (Å²) in [6, 6.07) is 4.70. The highest BCUT2D eigenvalue weighted by atomic mass is 79.9. The Kier molecular flexibility index (Phi) is 4.18. The molecule has 0 aliphatic rings. The fraction of sp³-hybridized carbons (Fsp3) is 0.333. The molecule has 13 heavy (non-hydrogen) atoms. The number of ether oxygens (including phenoxy) is 1. The second-order valence-electron chi connectivity index (χ2n) is 2.54. The summed E-state index contributed by atoms with van der Waals surface area (Å²) in [7, 11) is 0. The number of hydrogen-bond donors (Lipinski definition) is 1. The lowest BCUT2D eigenvalue weighted by molar-refractivity contribution is 0.309. The predicted molar refractivity (Wildman–Crippen MR) is 53.3 cm³/mol. The maximum Gasteiger partial charge on any atom is 0.141 e. The molecule has 1 aromatic carbocycles. The van der Waals surface area contributed by atoms with Crippen LogP contribution in [0.2, 0.25) is 0 Å². The molecule has 0 amide bonds. The van der Waals surface area contributed by atoms with Crippen molar-refractivity contribution >= 4 is 15.9 Å². The van der Waals surface area contributed by atoms with E-state index in [2.05, 4.69) is 15.9 Å². The van der Waals surface area contributed by atoms with Crippen molar-refractivity contribution in [3.8, 4) is 5.75 Å². The summed E-state index contributed by atoms with van der Waals surface area (Å²) in [4.78, 5) is 0. The number of hydrogen-bond acceptors (Lipinski definition) is 2. The number of nitrogens with two attached hydrogens (primary N) is 1. The Morgan fingerprint density at radius 2 is 2.23 bits per heavy atom. The zero-order chi connectivity index (χ0) is 9.68. The second kappa shape index (κ2) is 5.19. The van der Waals surface area contributed by atoms with E-state index in [0.717, 1.165) is 6.42 Å². The van der Waals surface area contributed by atoms with Crippen molar-refractivity contribution in [2.75, 3.05) is 13.2 Å². The van der Waals surface area contributed by atoms with Gasteiger partial charge in [0.25, 0.3) is 0 Å². The van der Waals surface area contributed by atoms with Crippen molar-refractivity contribution in [3.63, 3.8) is 0 Å². The van der Waals surface area contributed by atoms with Crippen LogP contribution in [-0.2, 0) is 0 Å². The molecule has 0 unspecified atom stereocenters. The van der Waals surface area contributed by atoms with Crippen LogP contribution < -0.4 is 10.5 Å². The van der Waals surface area contributed by atoms with Gasteiger partial charge in [-0.3, -0.25) is 0 Å². The van der Waals surface area contributed by atoms with Gasteiger partial charge < -0.3 is 10.5 Å². The van der Waals surface area contributed by atoms with E-state index < -0.39 is 0 Å². The molecule has 0 atom stereocenters. The number of rotatable bonds is 4. The lowest BCUT2D eigenvalue weighted by Crippen LogP contribution is -2.06. The summed E-state index contributed by atoms with van der Waals surface area (Å²) in [5, 5.41) is 0. The summed E-state index contributed by atoms with van der Waals surface area (Å²) >= 11 is 3.10. The van der Waals surface area contributed by atoms with Crippen molar-refractivity contribution in [3.05, 3.63) is 28.5 Å². The summed E-state index contributed by atoms with van der Waals surface area (Å²) in [5.41, 5.74) is 5.29. The van der Waals surface area contributed by atoms with Crippen LogP contribution in [0.4, 0.5) is 4.39 Å². The van der Waals surface area contributed by atoms with E-state index in [-0.39, 0.29) is 5.82 Å². The van der Waals surface area contributed by atoms with E-state index in [4.69, 9.17) is 10.5 Å². The van der Waals surface area contributed by atoms with Crippen LogP contribution in [0.3, 0.4) is 0 Å². The molecule has 0 aliphatic heterocycles. The monoisotopic (exact) mass is 247 g/mol. The van der Waals surface area contributed by atoms with Crippen LogP contribution in [0.15, 0.2) is 22.7 Å². The van der Waals surface area contributed by atoms with Crippen LogP contribution in [0, 0.1) is 5.82 Å². The number of benzene rings is 1. The minimum absolute atomic E-state index is 0.315. The highest BCUT2D eigenvalue weighted by Crippen LogP contribution is 2.27. The first-order valence-corrected chi connectivity index (χ1v) is 4.82. The molecule has 0 radical (unpaired) electrons. The first kappa shape index (κ1) is 10.5. The van der Waals surface area contributed by atoms with E-state index in [1.54, 1.807) is 12.1 Å². The van der Waals surface area contributed by atoms with Gasteiger partial charge in [0.05, 0.1) is 11.1 Å². The van der Waals surface area contributed by atoms with E-state index in [9.17, 15) is 4.39 Å². The normalized spacial score (nSPS) is 10.1. The maximum absolute atomic E-state index is 12.9. The highest BCUT2D eigenvalue weighted by molar-refractivity contribution is 9.10. The van der Waals surface area contributed by atoms with Crippen LogP contribution in [0.5, 0.6) is 5.75 Å². The molecule has 0 saturated heterocycles. The molecule has 2 nitrogen and oxygen atoms in total. The standard InChI is InChI=1S/C9H11BrFNO/c10-9-7(11)3-1-4-8(9)13-6-2-5-12/h1,3-4H,2,5-6,12H2. The van der Waals surface area contributed by atoms with Crippen LogP contribution in [0.1, 0.15) is 6.42 Å². The minimum atomic E-state index is -0.315. The molecule has 1 aromatic rings. The fourth-order valence-corrected chi connectivity index (χ4v) is 1.24. The van der Waals surface area contributed by atoms with Gasteiger partial charge in [0.1, 0.15) is 11.6 Å². The molecular formula is C9H11BrFNO. The van der Waals surface area contributed by atoms with Crippen molar-refractivity contribution in [2.45, 2.75) is 6.42 Å². The van der Waals surface area contributed by atoms with Crippen molar-refractivity contribution in [1.82, 2.24) is 0 Å². The Hall–Kier alpha value is -0.610. The van der Waals surface area contributed by atoms with Crippen molar-refractivity contribution in [2.24, 2.45) is 5.73 Å². The molecule has 2 N–H and O–H groups in total. The summed E-state index contributed by atoms with van der Waals surface area (Å²) in [6.07, 6.45) is 0.767. The second-order valence-corrected chi connectivity index (χ2v) is 3.34. The average Bonchev–Trinajstić information content (AvgIpc) is 2.13. The topological polar surface area (TPSA) is 35.2 Å². The largest absolute Gasteiger partial charge is 0.492 e. The molecule has 0 aliphatic carbocycles. The molecule has 0 saturated carbocycles. The minimum Gasteiger partial charge on any atom is -0.492 e. The molecule has 1 rings (SSSR count). The van der Waals surface area contributed by atoms with Crippen molar-refractivity contribution in [1.29, 1.82) is 0 Å². The third-order valence-corrected chi connectivity index (χ3v) is 2.29. The van der Waals surface area contributed by atoms with Crippen molar-refractivity contribution < 1.29 is 9.13 Å². The highest BCUT2D eigenvalue weighted by Gasteiger charge is 2.04. The predicted octanol–water partition coefficient (Wildman–Crippen LogP) is 2.32. The molecule has 0 fully saturated rings. The van der Waals surface area contributed by atoms with Gasteiger partial charge in [-0.05, 0) is 41.0 Å². The van der Waals surface area contributed by atoms with Gasteiger partial charge in [0.2, 0.25) is 0 Å². The van der Waals surface area contributed by atoms with Gasteiger partial charge in [-0.25, -0.2) is 4.39 Å². The van der Waals surface area contributed by atoms with Gasteiger partial charge in [0.15, 0.2) is 0 Å². The molecule has 4 heteroatoms. The van der Waals surface area contributed by atoms with Crippen LogP contribution >= 0.6 is 15.9 Å². The van der Waals surface area contributed by atoms with Gasteiger partial charge in [-0.1, -0.05) is 6.07 Å². The Morgan fingerprint density at radius 1 is 1.46 bits per heavy atom. The zero-order valence-corrected chi connectivity index (χ0v) is 8.68. The SMILES string of the molecule is NCCCOc1cccc(F)c1Br. The fourth-order valence-electron chi connectivity index (χ4n) is 0.861. The van der Waals surface area contributed by atoms with E-state index in [0.29, 0.717) is 23.4 Å². The molecule has 72 valence electrons. The van der Waals surface area contributed by atoms with E-state index in [1.165, 1.54) is 6.07 Å². The van der Waals surface area contributed by atoms with Gasteiger partial charge in [-0.15, -0.1) is 0 Å². The smallest absolute Gasteiger partial charge is 0.141 e. The summed E-state index contributed by atoms with van der Waals surface area (Å²) < 4.78 is 18.6. The quantitative estimate of drug-likeness (QED) is 0.830. The lowest BCUT2D eigenvalue weighted by Gasteiger charge is -2.07. The van der Waals surface area contributed by atoms with Gasteiger partial charge in [-0.2, -0.15) is 0 Å². The molecule has 0 aromatic heterocycles. The van der Waals surface area contributed by atoms with Crippen LogP contribution in [0.25, 0.3) is 0 Å². The Morgan fingerprint density at radius 3 is 2.92 bits per heavy atom. The third kappa shape index (κ3) is 2.97. The molecule has 0 heterocycles. The molecule has 0 bridgehead atoms. The molecular weight excluding hydrogens is 237 g/mol. The third-order valence-electron chi connectivity index (χ3n) is 1.52. The first-order chi connectivity index (χ1) is 6.25.